The molecule has 134 valence electrons. The molecule has 4 nitrogen and oxygen atoms in total. The molecule has 2 aromatic carbocycles. The Morgan fingerprint density at radius 1 is 1.16 bits per heavy atom. The molecule has 1 atom stereocenters. The van der Waals surface area contributed by atoms with Crippen LogP contribution in [-0.2, 0) is 10.2 Å². The zero-order valence-electron chi connectivity index (χ0n) is 14.1. The number of ether oxygens (including phenoxy) is 1. The Labute approximate surface area is 145 Å². The summed E-state index contributed by atoms with van der Waals surface area (Å²) in [6.45, 7) is 3.42. The quantitative estimate of drug-likeness (QED) is 0.808. The Balaban J connectivity index is 1.83. The van der Waals surface area contributed by atoms with Crippen LogP contribution in [0.4, 0.5) is 8.78 Å². The fourth-order valence-electron chi connectivity index (χ4n) is 2.24. The molecule has 0 aliphatic carbocycles. The Hall–Kier alpha value is -2.47. The van der Waals surface area contributed by atoms with Gasteiger partial charge < -0.3 is 15.2 Å². The summed E-state index contributed by atoms with van der Waals surface area (Å²) in [6, 6.07) is 12.4. The molecule has 0 aliphatic heterocycles. The third-order valence-electron chi connectivity index (χ3n) is 3.89. The first-order chi connectivity index (χ1) is 11.8. The van der Waals surface area contributed by atoms with Gasteiger partial charge in [0.25, 0.3) is 0 Å². The molecule has 6 heteroatoms. The fourth-order valence-corrected chi connectivity index (χ4v) is 2.24. The summed E-state index contributed by atoms with van der Waals surface area (Å²) in [4.78, 5) is 12.4. The molecular weight excluding hydrogens is 328 g/mol. The van der Waals surface area contributed by atoms with Crippen LogP contribution in [0.3, 0.4) is 0 Å². The van der Waals surface area contributed by atoms with Crippen LogP contribution >= 0.6 is 0 Å². The van der Waals surface area contributed by atoms with Gasteiger partial charge in [0.15, 0.2) is 11.6 Å². The topological polar surface area (TPSA) is 58.6 Å². The van der Waals surface area contributed by atoms with E-state index < -0.39 is 23.2 Å². The van der Waals surface area contributed by atoms with Gasteiger partial charge in [-0.05, 0) is 31.5 Å². The second kappa shape index (κ2) is 8.07. The Morgan fingerprint density at radius 2 is 1.84 bits per heavy atom. The molecule has 25 heavy (non-hydrogen) atoms. The van der Waals surface area contributed by atoms with E-state index in [1.54, 1.807) is 13.8 Å². The molecule has 0 bridgehead atoms. The minimum Gasteiger partial charge on any atom is -0.491 e. The average molecular weight is 349 g/mol. The van der Waals surface area contributed by atoms with E-state index in [2.05, 4.69) is 5.32 Å². The van der Waals surface area contributed by atoms with Crippen molar-refractivity contribution in [2.45, 2.75) is 25.4 Å². The van der Waals surface area contributed by atoms with Crippen molar-refractivity contribution in [2.75, 3.05) is 13.2 Å². The molecule has 0 saturated carbocycles. The van der Waals surface area contributed by atoms with Crippen LogP contribution in [0.5, 0.6) is 5.75 Å². The summed E-state index contributed by atoms with van der Waals surface area (Å²) >= 11 is 0. The fraction of sp³-hybridized carbons (Fsp3) is 0.316. The van der Waals surface area contributed by atoms with Crippen LogP contribution < -0.4 is 10.1 Å². The van der Waals surface area contributed by atoms with Crippen molar-refractivity contribution >= 4 is 5.91 Å². The number of hydrogen-bond donors (Lipinski definition) is 2. The van der Waals surface area contributed by atoms with Crippen molar-refractivity contribution in [1.82, 2.24) is 5.32 Å². The smallest absolute Gasteiger partial charge is 0.230 e. The predicted molar refractivity (Wildman–Crippen MR) is 90.3 cm³/mol. The third kappa shape index (κ3) is 5.00. The van der Waals surface area contributed by atoms with Crippen LogP contribution in [-0.4, -0.2) is 30.3 Å². The lowest BCUT2D eigenvalue weighted by Gasteiger charge is -2.25. The number of rotatable bonds is 7. The zero-order chi connectivity index (χ0) is 18.4. The summed E-state index contributed by atoms with van der Waals surface area (Å²) in [5.41, 5.74) is 0.113. The van der Waals surface area contributed by atoms with Gasteiger partial charge in [0, 0.05) is 12.6 Å². The van der Waals surface area contributed by atoms with Crippen LogP contribution in [0.15, 0.2) is 48.5 Å². The van der Waals surface area contributed by atoms with E-state index in [0.717, 1.165) is 17.7 Å². The van der Waals surface area contributed by atoms with E-state index in [1.165, 1.54) is 6.07 Å². The second-order valence-electron chi connectivity index (χ2n) is 6.24. The molecule has 0 heterocycles. The summed E-state index contributed by atoms with van der Waals surface area (Å²) in [5, 5.41) is 12.6. The van der Waals surface area contributed by atoms with E-state index in [4.69, 9.17) is 4.74 Å². The van der Waals surface area contributed by atoms with Gasteiger partial charge in [-0.3, -0.25) is 4.79 Å². The number of benzene rings is 2. The number of nitrogens with one attached hydrogen (secondary N) is 1. The first-order valence-corrected chi connectivity index (χ1v) is 7.90. The Bertz CT molecular complexity index is 720. The number of aliphatic hydroxyl groups excluding tert-OH is 1. The van der Waals surface area contributed by atoms with Crippen LogP contribution in [0.25, 0.3) is 0 Å². The predicted octanol–water partition coefficient (Wildman–Crippen LogP) is 2.80. The minimum atomic E-state index is -1.02. The summed E-state index contributed by atoms with van der Waals surface area (Å²) in [7, 11) is 0. The Kier molecular flexibility index (Phi) is 6.09. The van der Waals surface area contributed by atoms with Crippen molar-refractivity contribution in [2.24, 2.45) is 0 Å². The van der Waals surface area contributed by atoms with E-state index >= 15 is 0 Å². The number of carbonyl (C=O) groups is 1. The van der Waals surface area contributed by atoms with Gasteiger partial charge >= 0.3 is 0 Å². The molecule has 0 spiro atoms. The maximum Gasteiger partial charge on any atom is 0.230 e. The summed E-state index contributed by atoms with van der Waals surface area (Å²) in [5.74, 6) is -2.12. The van der Waals surface area contributed by atoms with E-state index in [0.29, 0.717) is 0 Å². The van der Waals surface area contributed by atoms with Crippen molar-refractivity contribution < 1.29 is 23.4 Å². The van der Waals surface area contributed by atoms with Crippen molar-refractivity contribution in [3.63, 3.8) is 0 Å². The summed E-state index contributed by atoms with van der Waals surface area (Å²) < 4.78 is 31.1. The van der Waals surface area contributed by atoms with Gasteiger partial charge in [-0.15, -0.1) is 0 Å². The third-order valence-corrected chi connectivity index (χ3v) is 3.89. The molecule has 1 unspecified atom stereocenters. The SMILES string of the molecule is CC(C)(C(=O)NCC(O)COc1ccc(F)c(F)c1)c1ccccc1. The van der Waals surface area contributed by atoms with E-state index in [-0.39, 0.29) is 24.8 Å². The highest BCUT2D eigenvalue weighted by molar-refractivity contribution is 5.87. The molecule has 1 amide bonds. The van der Waals surface area contributed by atoms with Crippen LogP contribution in [0, 0.1) is 11.6 Å². The van der Waals surface area contributed by atoms with Crippen LogP contribution in [0.2, 0.25) is 0 Å². The molecule has 2 N–H and O–H groups in total. The highest BCUT2D eigenvalue weighted by atomic mass is 19.2. The van der Waals surface area contributed by atoms with Gasteiger partial charge in [0.1, 0.15) is 18.5 Å². The Morgan fingerprint density at radius 3 is 2.48 bits per heavy atom. The molecule has 0 fully saturated rings. The largest absolute Gasteiger partial charge is 0.491 e. The maximum absolute atomic E-state index is 13.1. The maximum atomic E-state index is 13.1. The molecule has 0 radical (unpaired) electrons. The summed E-state index contributed by atoms with van der Waals surface area (Å²) in [6.07, 6.45) is -0.983. The molecule has 0 aromatic heterocycles. The number of aliphatic hydroxyl groups is 1. The monoisotopic (exact) mass is 349 g/mol. The number of halogens is 2. The molecule has 2 rings (SSSR count). The average Bonchev–Trinajstić information content (AvgIpc) is 2.61. The van der Waals surface area contributed by atoms with Crippen LogP contribution in [0.1, 0.15) is 19.4 Å². The van der Waals surface area contributed by atoms with Gasteiger partial charge in [-0.2, -0.15) is 0 Å². The van der Waals surface area contributed by atoms with Crippen molar-refractivity contribution in [1.29, 1.82) is 0 Å². The lowest BCUT2D eigenvalue weighted by Crippen LogP contribution is -2.44. The van der Waals surface area contributed by atoms with Gasteiger partial charge in [-0.25, -0.2) is 8.78 Å². The molecule has 0 saturated heterocycles. The highest BCUT2D eigenvalue weighted by Gasteiger charge is 2.29. The van der Waals surface area contributed by atoms with E-state index in [9.17, 15) is 18.7 Å². The van der Waals surface area contributed by atoms with Gasteiger partial charge in [0.2, 0.25) is 5.91 Å². The second-order valence-corrected chi connectivity index (χ2v) is 6.24. The number of hydrogen-bond acceptors (Lipinski definition) is 3. The standard InChI is InChI=1S/C19H21F2NO3/c1-19(2,13-6-4-3-5-7-13)18(24)22-11-14(23)12-25-15-8-9-16(20)17(21)10-15/h3-10,14,23H,11-12H2,1-2H3,(H,22,24). The number of amides is 1. The first kappa shape index (κ1) is 18.9. The zero-order valence-corrected chi connectivity index (χ0v) is 14.1. The minimum absolute atomic E-state index is 0.0151. The normalized spacial score (nSPS) is 12.5. The van der Waals surface area contributed by atoms with E-state index in [1.807, 2.05) is 30.3 Å². The van der Waals surface area contributed by atoms with Crippen molar-refractivity contribution in [3.05, 3.63) is 65.7 Å². The van der Waals surface area contributed by atoms with Gasteiger partial charge in [-0.1, -0.05) is 30.3 Å². The van der Waals surface area contributed by atoms with Crippen molar-refractivity contribution in [3.8, 4) is 5.75 Å². The highest BCUT2D eigenvalue weighted by Crippen LogP contribution is 2.22. The molecule has 0 aliphatic rings. The first-order valence-electron chi connectivity index (χ1n) is 7.90. The molecule has 2 aromatic rings. The van der Waals surface area contributed by atoms with Gasteiger partial charge in [0.05, 0.1) is 5.41 Å². The lowest BCUT2D eigenvalue weighted by atomic mass is 9.84. The molecular formula is C19H21F2NO3. The number of carbonyl (C=O) groups excluding carboxylic acids is 1. The lowest BCUT2D eigenvalue weighted by molar-refractivity contribution is -0.126.